The van der Waals surface area contributed by atoms with E-state index in [2.05, 4.69) is 71.5 Å². The molecule has 1 aliphatic rings. The molecule has 1 atom stereocenters. The van der Waals surface area contributed by atoms with Crippen LogP contribution in [-0.2, 0) is 19.5 Å². The second kappa shape index (κ2) is 5.10. The van der Waals surface area contributed by atoms with E-state index in [1.54, 1.807) is 0 Å². The zero-order chi connectivity index (χ0) is 13.3. The van der Waals surface area contributed by atoms with Crippen LogP contribution >= 0.6 is 15.9 Å². The molecule has 0 aliphatic carbocycles. The van der Waals surface area contributed by atoms with Gasteiger partial charge in [-0.2, -0.15) is 0 Å². The number of hydrogen-bond donors (Lipinski definition) is 0. The van der Waals surface area contributed by atoms with Gasteiger partial charge in [0.1, 0.15) is 13.1 Å². The Hall–Kier alpha value is -1.12. The van der Waals surface area contributed by atoms with Gasteiger partial charge in [0.2, 0.25) is 0 Å². The maximum Gasteiger partial charge on any atom is 0.106 e. The zero-order valence-corrected chi connectivity index (χ0v) is 12.9. The predicted molar refractivity (Wildman–Crippen MR) is 82.7 cm³/mol. The van der Waals surface area contributed by atoms with Gasteiger partial charge in [-0.1, -0.05) is 58.4 Å². The van der Waals surface area contributed by atoms with Crippen LogP contribution in [0.25, 0.3) is 0 Å². The van der Waals surface area contributed by atoms with Crippen molar-refractivity contribution in [3.05, 3.63) is 69.7 Å². The molecule has 2 aromatic rings. The Kier molecular flexibility index (Phi) is 3.46. The van der Waals surface area contributed by atoms with Gasteiger partial charge in [-0.05, 0) is 11.6 Å². The third-order valence-electron chi connectivity index (χ3n) is 4.10. The van der Waals surface area contributed by atoms with Crippen LogP contribution in [-0.4, -0.2) is 18.1 Å². The lowest BCUT2D eigenvalue weighted by molar-refractivity contribution is -0.937. The van der Waals surface area contributed by atoms with Crippen LogP contribution in [0.3, 0.4) is 0 Å². The van der Waals surface area contributed by atoms with Crippen LogP contribution in [0.15, 0.2) is 53.0 Å². The van der Waals surface area contributed by atoms with E-state index in [-0.39, 0.29) is 0 Å². The highest BCUT2D eigenvalue weighted by molar-refractivity contribution is 9.10. The molecule has 0 bridgehead atoms. The fraction of sp³-hybridized carbons (Fsp3) is 0.294. The number of rotatable bonds is 2. The maximum absolute atomic E-state index is 3.67. The molecule has 0 saturated heterocycles. The molecule has 1 unspecified atom stereocenters. The smallest absolute Gasteiger partial charge is 0.106 e. The Labute approximate surface area is 123 Å². The van der Waals surface area contributed by atoms with Crippen molar-refractivity contribution in [2.75, 3.05) is 13.6 Å². The lowest BCUT2D eigenvalue weighted by atomic mass is 9.97. The molecule has 0 amide bonds. The largest absolute Gasteiger partial charge is 0.318 e. The monoisotopic (exact) mass is 316 g/mol. The molecule has 0 fully saturated rings. The third-order valence-corrected chi connectivity index (χ3v) is 4.87. The zero-order valence-electron chi connectivity index (χ0n) is 11.3. The maximum atomic E-state index is 3.67. The summed E-state index contributed by atoms with van der Waals surface area (Å²) in [4.78, 5) is 0. The molecular weight excluding hydrogens is 298 g/mol. The van der Waals surface area contributed by atoms with E-state index < -0.39 is 0 Å². The standard InChI is InChI=1S/C17H19BrN/c1-19(13-16-8-4-5-9-17(16)18)11-10-14-6-2-3-7-15(14)12-19/h2-9H,10-13H2,1H3/q+1. The van der Waals surface area contributed by atoms with Crippen molar-refractivity contribution in [3.8, 4) is 0 Å². The molecule has 0 radical (unpaired) electrons. The molecule has 1 heterocycles. The summed E-state index contributed by atoms with van der Waals surface area (Å²) in [6.07, 6.45) is 1.19. The number of likely N-dealkylation sites (N-methyl/N-ethyl adjacent to an activating group) is 1. The van der Waals surface area contributed by atoms with Crippen LogP contribution in [0, 0.1) is 0 Å². The fourth-order valence-corrected chi connectivity index (χ4v) is 3.42. The summed E-state index contributed by atoms with van der Waals surface area (Å²) >= 11 is 3.67. The van der Waals surface area contributed by atoms with Gasteiger partial charge in [0, 0.05) is 22.0 Å². The summed E-state index contributed by atoms with van der Waals surface area (Å²) in [7, 11) is 2.37. The first-order valence-electron chi connectivity index (χ1n) is 6.80. The molecule has 1 nitrogen and oxygen atoms in total. The Morgan fingerprint density at radius 3 is 2.47 bits per heavy atom. The van der Waals surface area contributed by atoms with E-state index in [1.165, 1.54) is 34.1 Å². The average Bonchev–Trinajstić information content (AvgIpc) is 2.41. The van der Waals surface area contributed by atoms with Crippen LogP contribution < -0.4 is 0 Å². The molecule has 98 valence electrons. The van der Waals surface area contributed by atoms with Crippen molar-refractivity contribution < 1.29 is 4.48 Å². The fourth-order valence-electron chi connectivity index (χ4n) is 3.01. The Morgan fingerprint density at radius 1 is 1.00 bits per heavy atom. The first kappa shape index (κ1) is 12.9. The Morgan fingerprint density at radius 2 is 1.68 bits per heavy atom. The Balaban J connectivity index is 1.84. The summed E-state index contributed by atoms with van der Waals surface area (Å²) in [6.45, 7) is 3.45. The number of benzene rings is 2. The minimum atomic E-state index is 1.09. The normalized spacial score (nSPS) is 22.0. The molecule has 2 heteroatoms. The number of quaternary nitrogens is 1. The van der Waals surface area contributed by atoms with Crippen molar-refractivity contribution >= 4 is 15.9 Å². The minimum Gasteiger partial charge on any atom is -0.318 e. The highest BCUT2D eigenvalue weighted by Gasteiger charge is 2.28. The second-order valence-corrected chi connectivity index (χ2v) is 6.62. The molecule has 0 saturated carbocycles. The van der Waals surface area contributed by atoms with Gasteiger partial charge in [0.25, 0.3) is 0 Å². The van der Waals surface area contributed by atoms with Crippen molar-refractivity contribution in [3.63, 3.8) is 0 Å². The molecule has 3 rings (SSSR count). The molecule has 19 heavy (non-hydrogen) atoms. The van der Waals surface area contributed by atoms with Gasteiger partial charge in [-0.15, -0.1) is 0 Å². The van der Waals surface area contributed by atoms with Gasteiger partial charge < -0.3 is 4.48 Å². The number of hydrogen-bond acceptors (Lipinski definition) is 0. The van der Waals surface area contributed by atoms with Crippen molar-refractivity contribution in [1.82, 2.24) is 0 Å². The molecular formula is C17H19BrN+. The topological polar surface area (TPSA) is 0 Å². The summed E-state index contributed by atoms with van der Waals surface area (Å²) in [5.41, 5.74) is 4.46. The van der Waals surface area contributed by atoms with E-state index in [0.717, 1.165) is 17.6 Å². The summed E-state index contributed by atoms with van der Waals surface area (Å²) in [6, 6.07) is 17.5. The van der Waals surface area contributed by atoms with Crippen LogP contribution in [0.2, 0.25) is 0 Å². The van der Waals surface area contributed by atoms with Gasteiger partial charge in [-0.25, -0.2) is 0 Å². The number of nitrogens with zero attached hydrogens (tertiary/aromatic N) is 1. The first-order valence-corrected chi connectivity index (χ1v) is 7.59. The van der Waals surface area contributed by atoms with E-state index in [9.17, 15) is 0 Å². The predicted octanol–water partition coefficient (Wildman–Crippen LogP) is 4.15. The van der Waals surface area contributed by atoms with Gasteiger partial charge in [0.15, 0.2) is 0 Å². The quantitative estimate of drug-likeness (QED) is 0.730. The molecule has 0 N–H and O–H groups in total. The number of fused-ring (bicyclic) bond motifs is 1. The van der Waals surface area contributed by atoms with Crippen molar-refractivity contribution in [2.45, 2.75) is 19.5 Å². The second-order valence-electron chi connectivity index (χ2n) is 5.77. The van der Waals surface area contributed by atoms with Crippen molar-refractivity contribution in [1.29, 1.82) is 0 Å². The van der Waals surface area contributed by atoms with E-state index in [1.807, 2.05) is 0 Å². The lowest BCUT2D eigenvalue weighted by Crippen LogP contribution is -2.46. The molecule has 0 aromatic heterocycles. The van der Waals surface area contributed by atoms with E-state index in [0.29, 0.717) is 0 Å². The van der Waals surface area contributed by atoms with Crippen LogP contribution in [0.4, 0.5) is 0 Å². The lowest BCUT2D eigenvalue weighted by Gasteiger charge is -2.39. The van der Waals surface area contributed by atoms with E-state index >= 15 is 0 Å². The molecule has 1 aliphatic heterocycles. The summed E-state index contributed by atoms with van der Waals surface area (Å²) in [5, 5.41) is 0. The van der Waals surface area contributed by atoms with Crippen LogP contribution in [0.5, 0.6) is 0 Å². The van der Waals surface area contributed by atoms with Crippen molar-refractivity contribution in [2.24, 2.45) is 0 Å². The first-order chi connectivity index (χ1) is 9.16. The third kappa shape index (κ3) is 2.75. The molecule has 2 aromatic carbocycles. The molecule has 0 spiro atoms. The highest BCUT2D eigenvalue weighted by atomic mass is 79.9. The number of halogens is 1. The van der Waals surface area contributed by atoms with E-state index in [4.69, 9.17) is 0 Å². The van der Waals surface area contributed by atoms with Crippen LogP contribution in [0.1, 0.15) is 16.7 Å². The highest BCUT2D eigenvalue weighted by Crippen LogP contribution is 2.28. The van der Waals surface area contributed by atoms with Gasteiger partial charge in [-0.3, -0.25) is 0 Å². The average molecular weight is 317 g/mol. The Bertz CT molecular complexity index is 593. The SMILES string of the molecule is C[N+]1(Cc2ccccc2Br)CCc2ccccc2C1. The van der Waals surface area contributed by atoms with Gasteiger partial charge >= 0.3 is 0 Å². The minimum absolute atomic E-state index is 1.09. The summed E-state index contributed by atoms with van der Waals surface area (Å²) < 4.78 is 2.33. The summed E-state index contributed by atoms with van der Waals surface area (Å²) in [5.74, 6) is 0. The van der Waals surface area contributed by atoms with Gasteiger partial charge in [0.05, 0.1) is 13.6 Å².